The molecule has 114 valence electrons. The average molecular weight is 382 g/mol. The number of halogens is 3. The monoisotopic (exact) mass is 381 g/mol. The molecule has 0 saturated heterocycles. The summed E-state index contributed by atoms with van der Waals surface area (Å²) >= 11 is 2.89. The van der Waals surface area contributed by atoms with Gasteiger partial charge in [-0.3, -0.25) is 4.72 Å². The van der Waals surface area contributed by atoms with Crippen molar-refractivity contribution >= 4 is 31.6 Å². The molecule has 2 aromatic rings. The molecule has 0 aliphatic carbocycles. The predicted octanol–water partition coefficient (Wildman–Crippen LogP) is 2.92. The van der Waals surface area contributed by atoms with Crippen molar-refractivity contribution in [1.82, 2.24) is 0 Å². The summed E-state index contributed by atoms with van der Waals surface area (Å²) in [6.45, 7) is 0.860. The molecule has 0 saturated carbocycles. The van der Waals surface area contributed by atoms with E-state index >= 15 is 0 Å². The van der Waals surface area contributed by atoms with E-state index in [1.54, 1.807) is 0 Å². The molecule has 2 rings (SSSR count). The molecular formula is C12H10BrF2NO4S. The number of aliphatic hydroxyl groups is 1. The Balaban J connectivity index is 2.42. The lowest BCUT2D eigenvalue weighted by Crippen LogP contribution is -2.14. The number of nitrogens with one attached hydrogen (secondary N) is 1. The fourth-order valence-corrected chi connectivity index (χ4v) is 3.64. The number of anilines is 1. The van der Waals surface area contributed by atoms with Gasteiger partial charge in [-0.15, -0.1) is 0 Å². The third-order valence-corrected chi connectivity index (χ3v) is 4.87. The van der Waals surface area contributed by atoms with Gasteiger partial charge in [-0.1, -0.05) is 0 Å². The van der Waals surface area contributed by atoms with E-state index in [0.29, 0.717) is 0 Å². The molecule has 5 nitrogen and oxygen atoms in total. The van der Waals surface area contributed by atoms with Crippen LogP contribution in [0.2, 0.25) is 0 Å². The van der Waals surface area contributed by atoms with E-state index in [-0.39, 0.29) is 20.9 Å². The SMILES string of the molecule is Cc1cc(F)c(NS(=O)(=O)c2cc(CO)oc2Br)cc1F. The minimum atomic E-state index is -4.19. The van der Waals surface area contributed by atoms with Gasteiger partial charge in [0.15, 0.2) is 4.67 Å². The molecule has 0 radical (unpaired) electrons. The number of aliphatic hydroxyl groups excluding tert-OH is 1. The molecule has 1 aromatic carbocycles. The zero-order valence-corrected chi connectivity index (χ0v) is 13.1. The second kappa shape index (κ2) is 5.74. The first-order valence-electron chi connectivity index (χ1n) is 5.62. The first kappa shape index (κ1) is 15.9. The minimum absolute atomic E-state index is 0.0119. The van der Waals surface area contributed by atoms with Crippen LogP contribution in [-0.4, -0.2) is 13.5 Å². The smallest absolute Gasteiger partial charge is 0.266 e. The van der Waals surface area contributed by atoms with Gasteiger partial charge in [-0.25, -0.2) is 17.2 Å². The second-order valence-electron chi connectivity index (χ2n) is 4.20. The van der Waals surface area contributed by atoms with Crippen LogP contribution >= 0.6 is 15.9 Å². The van der Waals surface area contributed by atoms with Crippen molar-refractivity contribution in [3.8, 4) is 0 Å². The molecule has 0 fully saturated rings. The highest BCUT2D eigenvalue weighted by Crippen LogP contribution is 2.29. The quantitative estimate of drug-likeness (QED) is 0.853. The molecule has 0 aliphatic heterocycles. The molecule has 0 amide bonds. The lowest BCUT2D eigenvalue weighted by molar-refractivity contribution is 0.245. The van der Waals surface area contributed by atoms with Gasteiger partial charge in [0.2, 0.25) is 0 Å². The maximum Gasteiger partial charge on any atom is 0.266 e. The Kier molecular flexibility index (Phi) is 4.35. The molecule has 1 aromatic heterocycles. The maximum atomic E-state index is 13.7. The van der Waals surface area contributed by atoms with Crippen molar-refractivity contribution in [2.75, 3.05) is 4.72 Å². The molecule has 1 heterocycles. The van der Waals surface area contributed by atoms with Crippen LogP contribution in [0, 0.1) is 18.6 Å². The summed E-state index contributed by atoms with van der Waals surface area (Å²) in [5.74, 6) is -1.63. The lowest BCUT2D eigenvalue weighted by atomic mass is 10.2. The standard InChI is InChI=1S/C12H10BrF2NO4S/c1-6-2-9(15)10(4-8(6)14)16-21(18,19)11-3-7(5-17)20-12(11)13/h2-4,16-17H,5H2,1H3. The number of rotatable bonds is 4. The van der Waals surface area contributed by atoms with E-state index < -0.39 is 34.0 Å². The van der Waals surface area contributed by atoms with Crippen LogP contribution in [0.25, 0.3) is 0 Å². The zero-order chi connectivity index (χ0) is 15.8. The van der Waals surface area contributed by atoms with E-state index in [2.05, 4.69) is 15.9 Å². The molecule has 0 atom stereocenters. The minimum Gasteiger partial charge on any atom is -0.450 e. The second-order valence-corrected chi connectivity index (χ2v) is 6.57. The number of furan rings is 1. The van der Waals surface area contributed by atoms with E-state index in [1.807, 2.05) is 4.72 Å². The molecule has 9 heteroatoms. The Hall–Kier alpha value is -1.45. The molecule has 0 spiro atoms. The van der Waals surface area contributed by atoms with E-state index in [1.165, 1.54) is 6.92 Å². The number of aryl methyl sites for hydroxylation is 1. The number of hydrogen-bond acceptors (Lipinski definition) is 4. The summed E-state index contributed by atoms with van der Waals surface area (Å²) in [6.07, 6.45) is 0. The zero-order valence-electron chi connectivity index (χ0n) is 10.7. The summed E-state index contributed by atoms with van der Waals surface area (Å²) in [5, 5.41) is 8.90. The highest BCUT2D eigenvalue weighted by Gasteiger charge is 2.24. The van der Waals surface area contributed by atoms with Gasteiger partial charge in [0.25, 0.3) is 10.0 Å². The van der Waals surface area contributed by atoms with Crippen LogP contribution in [0.3, 0.4) is 0 Å². The van der Waals surface area contributed by atoms with Crippen molar-refractivity contribution in [2.45, 2.75) is 18.4 Å². The molecule has 21 heavy (non-hydrogen) atoms. The topological polar surface area (TPSA) is 79.5 Å². The van der Waals surface area contributed by atoms with Gasteiger partial charge < -0.3 is 9.52 Å². The van der Waals surface area contributed by atoms with Crippen LogP contribution < -0.4 is 4.72 Å². The van der Waals surface area contributed by atoms with Gasteiger partial charge in [0, 0.05) is 12.1 Å². The first-order valence-corrected chi connectivity index (χ1v) is 7.89. The van der Waals surface area contributed by atoms with Crippen molar-refractivity contribution in [2.24, 2.45) is 0 Å². The van der Waals surface area contributed by atoms with Crippen molar-refractivity contribution in [3.05, 3.63) is 45.8 Å². The van der Waals surface area contributed by atoms with Crippen LogP contribution in [0.15, 0.2) is 32.2 Å². The fraction of sp³-hybridized carbons (Fsp3) is 0.167. The molecule has 2 N–H and O–H groups in total. The third-order valence-electron chi connectivity index (χ3n) is 2.64. The van der Waals surface area contributed by atoms with E-state index in [9.17, 15) is 17.2 Å². The average Bonchev–Trinajstić information content (AvgIpc) is 2.78. The van der Waals surface area contributed by atoms with Gasteiger partial charge in [-0.05, 0) is 34.5 Å². The fourth-order valence-electron chi connectivity index (χ4n) is 1.58. The summed E-state index contributed by atoms with van der Waals surface area (Å²) in [4.78, 5) is -0.327. The number of benzene rings is 1. The van der Waals surface area contributed by atoms with Crippen LogP contribution in [0.4, 0.5) is 14.5 Å². The van der Waals surface area contributed by atoms with Gasteiger partial charge in [0.05, 0.1) is 5.69 Å². The summed E-state index contributed by atoms with van der Waals surface area (Å²) in [7, 11) is -4.19. The van der Waals surface area contributed by atoms with Crippen LogP contribution in [0.5, 0.6) is 0 Å². The Morgan fingerprint density at radius 1 is 1.29 bits per heavy atom. The Bertz CT molecular complexity index is 789. The van der Waals surface area contributed by atoms with Crippen molar-refractivity contribution in [1.29, 1.82) is 0 Å². The van der Waals surface area contributed by atoms with Gasteiger partial charge >= 0.3 is 0 Å². The van der Waals surface area contributed by atoms with Crippen LogP contribution in [0.1, 0.15) is 11.3 Å². The summed E-state index contributed by atoms with van der Waals surface area (Å²) < 4.78 is 58.1. The number of sulfonamides is 1. The normalized spacial score (nSPS) is 11.7. The highest BCUT2D eigenvalue weighted by molar-refractivity contribution is 9.10. The predicted molar refractivity (Wildman–Crippen MR) is 74.2 cm³/mol. The van der Waals surface area contributed by atoms with Crippen LogP contribution in [-0.2, 0) is 16.6 Å². The lowest BCUT2D eigenvalue weighted by Gasteiger charge is -2.09. The molecule has 0 bridgehead atoms. The first-order chi connectivity index (χ1) is 9.74. The van der Waals surface area contributed by atoms with Crippen molar-refractivity contribution < 1.29 is 26.7 Å². The molecule has 0 unspecified atom stereocenters. The van der Waals surface area contributed by atoms with Crippen molar-refractivity contribution in [3.63, 3.8) is 0 Å². The van der Waals surface area contributed by atoms with Gasteiger partial charge in [-0.2, -0.15) is 0 Å². The Labute approximate surface area is 127 Å². The third kappa shape index (κ3) is 3.25. The van der Waals surface area contributed by atoms with E-state index in [0.717, 1.165) is 18.2 Å². The highest BCUT2D eigenvalue weighted by atomic mass is 79.9. The Morgan fingerprint density at radius 2 is 1.95 bits per heavy atom. The molecular weight excluding hydrogens is 372 g/mol. The van der Waals surface area contributed by atoms with E-state index in [4.69, 9.17) is 9.52 Å². The largest absolute Gasteiger partial charge is 0.450 e. The molecule has 0 aliphatic rings. The van der Waals surface area contributed by atoms with Gasteiger partial charge in [0.1, 0.15) is 28.9 Å². The number of hydrogen-bond donors (Lipinski definition) is 2. The summed E-state index contributed by atoms with van der Waals surface area (Å²) in [6, 6.07) is 2.72. The Morgan fingerprint density at radius 3 is 2.52 bits per heavy atom. The summed E-state index contributed by atoms with van der Waals surface area (Å²) in [5.41, 5.74) is -0.459. The maximum absolute atomic E-state index is 13.7.